The molecule has 0 bridgehead atoms. The van der Waals surface area contributed by atoms with Crippen LogP contribution in [0.15, 0.2) is 0 Å². The predicted molar refractivity (Wildman–Crippen MR) is 63.7 cm³/mol. The van der Waals surface area contributed by atoms with Crippen molar-refractivity contribution < 1.29 is 4.92 Å². The van der Waals surface area contributed by atoms with E-state index in [1.54, 1.807) is 0 Å². The lowest BCUT2D eigenvalue weighted by atomic mass is 10.0. The molecule has 0 radical (unpaired) electrons. The van der Waals surface area contributed by atoms with Gasteiger partial charge in [-0.2, -0.15) is 0 Å². The highest BCUT2D eigenvalue weighted by molar-refractivity contribution is 4.56. The normalized spacial score (nSPS) is 12.7. The first-order chi connectivity index (χ1) is 7.22. The minimum Gasteiger partial charge on any atom is -0.264 e. The number of hydrogen-bond acceptors (Lipinski definition) is 2. The van der Waals surface area contributed by atoms with Gasteiger partial charge in [-0.1, -0.05) is 46.0 Å². The zero-order valence-electron chi connectivity index (χ0n) is 10.2. The van der Waals surface area contributed by atoms with E-state index in [1.165, 1.54) is 25.7 Å². The minimum atomic E-state index is -0.291. The van der Waals surface area contributed by atoms with E-state index in [0.29, 0.717) is 0 Å². The van der Waals surface area contributed by atoms with E-state index >= 15 is 0 Å². The molecule has 3 nitrogen and oxygen atoms in total. The van der Waals surface area contributed by atoms with E-state index in [0.717, 1.165) is 32.1 Å². The van der Waals surface area contributed by atoms with E-state index < -0.39 is 0 Å². The first-order valence-corrected chi connectivity index (χ1v) is 6.35. The highest BCUT2D eigenvalue weighted by Gasteiger charge is 2.17. The molecule has 0 aliphatic heterocycles. The van der Waals surface area contributed by atoms with Gasteiger partial charge in [-0.25, -0.2) is 0 Å². The lowest BCUT2D eigenvalue weighted by Gasteiger charge is -2.07. The molecule has 0 aliphatic carbocycles. The molecule has 0 aromatic heterocycles. The van der Waals surface area contributed by atoms with Crippen LogP contribution in [0.4, 0.5) is 0 Å². The molecule has 15 heavy (non-hydrogen) atoms. The summed E-state index contributed by atoms with van der Waals surface area (Å²) >= 11 is 0. The van der Waals surface area contributed by atoms with E-state index in [-0.39, 0.29) is 11.0 Å². The average Bonchev–Trinajstić information content (AvgIpc) is 2.21. The lowest BCUT2D eigenvalue weighted by molar-refractivity contribution is -0.524. The van der Waals surface area contributed by atoms with Crippen molar-refractivity contribution in [3.63, 3.8) is 0 Å². The second kappa shape index (κ2) is 9.94. The minimum absolute atomic E-state index is 0.102. The summed E-state index contributed by atoms with van der Waals surface area (Å²) < 4.78 is 0. The molecular formula is C12H25NO2. The average molecular weight is 215 g/mol. The van der Waals surface area contributed by atoms with Gasteiger partial charge in [0.05, 0.1) is 0 Å². The van der Waals surface area contributed by atoms with Crippen LogP contribution >= 0.6 is 0 Å². The van der Waals surface area contributed by atoms with Crippen LogP contribution in [0.3, 0.4) is 0 Å². The van der Waals surface area contributed by atoms with Gasteiger partial charge in [-0.05, 0) is 12.8 Å². The summed E-state index contributed by atoms with van der Waals surface area (Å²) in [7, 11) is 0. The molecule has 90 valence electrons. The van der Waals surface area contributed by atoms with Crippen molar-refractivity contribution in [3.05, 3.63) is 10.1 Å². The Bertz CT molecular complexity index is 160. The number of hydrogen-bond donors (Lipinski definition) is 0. The SMILES string of the molecule is CCCCCCCCC(CCC)[N+](=O)[O-]. The molecule has 3 heteroatoms. The van der Waals surface area contributed by atoms with Crippen molar-refractivity contribution in [2.75, 3.05) is 0 Å². The molecule has 0 aliphatic rings. The van der Waals surface area contributed by atoms with Gasteiger partial charge in [0.25, 0.3) is 0 Å². The van der Waals surface area contributed by atoms with Crippen molar-refractivity contribution in [1.29, 1.82) is 0 Å². The lowest BCUT2D eigenvalue weighted by Crippen LogP contribution is -2.18. The monoisotopic (exact) mass is 215 g/mol. The molecule has 0 fully saturated rings. The molecule has 0 heterocycles. The fourth-order valence-electron chi connectivity index (χ4n) is 1.85. The maximum absolute atomic E-state index is 10.7. The molecule has 0 saturated carbocycles. The first kappa shape index (κ1) is 14.4. The summed E-state index contributed by atoms with van der Waals surface area (Å²) in [4.78, 5) is 10.6. The number of rotatable bonds is 10. The highest BCUT2D eigenvalue weighted by Crippen LogP contribution is 2.13. The van der Waals surface area contributed by atoms with Gasteiger partial charge in [0.1, 0.15) is 0 Å². The Morgan fingerprint density at radius 3 is 2.07 bits per heavy atom. The third-order valence-corrected chi connectivity index (χ3v) is 2.81. The topological polar surface area (TPSA) is 43.1 Å². The van der Waals surface area contributed by atoms with Crippen molar-refractivity contribution in [1.82, 2.24) is 0 Å². The van der Waals surface area contributed by atoms with Crippen LogP contribution in [0.25, 0.3) is 0 Å². The summed E-state index contributed by atoms with van der Waals surface area (Å²) in [6, 6.07) is -0.291. The first-order valence-electron chi connectivity index (χ1n) is 6.35. The Morgan fingerprint density at radius 2 is 1.53 bits per heavy atom. The Kier molecular flexibility index (Phi) is 9.54. The zero-order chi connectivity index (χ0) is 11.5. The second-order valence-electron chi connectivity index (χ2n) is 4.28. The Morgan fingerprint density at radius 1 is 0.933 bits per heavy atom. The molecule has 1 atom stereocenters. The van der Waals surface area contributed by atoms with Crippen LogP contribution in [-0.2, 0) is 0 Å². The Hall–Kier alpha value is -0.600. The van der Waals surface area contributed by atoms with Gasteiger partial charge in [0, 0.05) is 17.8 Å². The number of nitrogens with zero attached hydrogens (tertiary/aromatic N) is 1. The molecule has 0 rings (SSSR count). The maximum atomic E-state index is 10.7. The maximum Gasteiger partial charge on any atom is 0.213 e. The standard InChI is InChI=1S/C12H25NO2/c1-3-5-6-7-8-9-11-12(10-4-2)13(14)15/h12H,3-11H2,1-2H3. The fraction of sp³-hybridized carbons (Fsp3) is 1.00. The molecular weight excluding hydrogens is 190 g/mol. The number of unbranched alkanes of at least 4 members (excludes halogenated alkanes) is 5. The summed E-state index contributed by atoms with van der Waals surface area (Å²) in [5.41, 5.74) is 0. The van der Waals surface area contributed by atoms with Crippen molar-refractivity contribution in [2.45, 2.75) is 77.7 Å². The summed E-state index contributed by atoms with van der Waals surface area (Å²) in [5, 5.41) is 10.7. The highest BCUT2D eigenvalue weighted by atomic mass is 16.6. The molecule has 0 N–H and O–H groups in total. The van der Waals surface area contributed by atoms with Gasteiger partial charge in [-0.3, -0.25) is 10.1 Å². The van der Waals surface area contributed by atoms with Crippen LogP contribution in [-0.4, -0.2) is 11.0 Å². The van der Waals surface area contributed by atoms with Gasteiger partial charge in [-0.15, -0.1) is 0 Å². The quantitative estimate of drug-likeness (QED) is 0.311. The largest absolute Gasteiger partial charge is 0.264 e. The van der Waals surface area contributed by atoms with E-state index in [2.05, 4.69) is 6.92 Å². The van der Waals surface area contributed by atoms with Gasteiger partial charge in [0.2, 0.25) is 6.04 Å². The fourth-order valence-corrected chi connectivity index (χ4v) is 1.85. The predicted octanol–water partition coefficient (Wildman–Crippen LogP) is 4.18. The molecule has 0 aromatic carbocycles. The molecule has 0 aromatic rings. The summed E-state index contributed by atoms with van der Waals surface area (Å²) in [5.74, 6) is 0. The Balaban J connectivity index is 3.41. The zero-order valence-corrected chi connectivity index (χ0v) is 10.2. The second-order valence-corrected chi connectivity index (χ2v) is 4.28. The van der Waals surface area contributed by atoms with Crippen LogP contribution in [0.5, 0.6) is 0 Å². The van der Waals surface area contributed by atoms with Gasteiger partial charge >= 0.3 is 0 Å². The van der Waals surface area contributed by atoms with Crippen molar-refractivity contribution in [3.8, 4) is 0 Å². The van der Waals surface area contributed by atoms with Crippen molar-refractivity contribution >= 4 is 0 Å². The van der Waals surface area contributed by atoms with Crippen LogP contribution < -0.4 is 0 Å². The Labute approximate surface area is 93.4 Å². The number of nitro groups is 1. The van der Waals surface area contributed by atoms with Crippen LogP contribution in [0.1, 0.15) is 71.6 Å². The molecule has 1 unspecified atom stereocenters. The third kappa shape index (κ3) is 8.40. The van der Waals surface area contributed by atoms with Crippen LogP contribution in [0.2, 0.25) is 0 Å². The summed E-state index contributed by atoms with van der Waals surface area (Å²) in [6.07, 6.45) is 9.69. The summed E-state index contributed by atoms with van der Waals surface area (Å²) in [6.45, 7) is 4.21. The van der Waals surface area contributed by atoms with Crippen LogP contribution in [0, 0.1) is 10.1 Å². The third-order valence-electron chi connectivity index (χ3n) is 2.81. The molecule has 0 spiro atoms. The van der Waals surface area contributed by atoms with E-state index in [4.69, 9.17) is 0 Å². The van der Waals surface area contributed by atoms with Crippen molar-refractivity contribution in [2.24, 2.45) is 0 Å². The van der Waals surface area contributed by atoms with E-state index in [9.17, 15) is 10.1 Å². The van der Waals surface area contributed by atoms with Gasteiger partial charge in [0.15, 0.2) is 0 Å². The van der Waals surface area contributed by atoms with E-state index in [1.807, 2.05) is 6.92 Å². The van der Waals surface area contributed by atoms with Gasteiger partial charge < -0.3 is 0 Å². The smallest absolute Gasteiger partial charge is 0.213 e. The molecule has 0 amide bonds. The molecule has 0 saturated heterocycles.